The minimum Gasteiger partial charge on any atom is -0.507 e. The summed E-state index contributed by atoms with van der Waals surface area (Å²) >= 11 is 0. The number of phenols is 2. The molecule has 0 aliphatic rings. The van der Waals surface area contributed by atoms with Crippen molar-refractivity contribution in [1.82, 2.24) is 0 Å². The largest absolute Gasteiger partial charge is 0.507 e. The van der Waals surface area contributed by atoms with Crippen LogP contribution >= 0.6 is 0 Å². The molecule has 0 aliphatic heterocycles. The van der Waals surface area contributed by atoms with Gasteiger partial charge in [-0.3, -0.25) is 4.72 Å². The van der Waals surface area contributed by atoms with Crippen LogP contribution in [0, 0.1) is 5.82 Å². The first-order chi connectivity index (χ1) is 15.6. The van der Waals surface area contributed by atoms with Crippen LogP contribution in [0.25, 0.3) is 11.1 Å². The van der Waals surface area contributed by atoms with Crippen molar-refractivity contribution in [2.24, 2.45) is 0 Å². The first kappa shape index (κ1) is 24.0. The average Bonchev–Trinajstić information content (AvgIpc) is 2.75. The number of carbonyl (C=O) groups is 1. The minimum absolute atomic E-state index is 0.00740. The average molecular weight is 475 g/mol. The van der Waals surface area contributed by atoms with Gasteiger partial charge in [0, 0.05) is 18.7 Å². The molecular formula is C23H22FNO7S. The lowest BCUT2D eigenvalue weighted by atomic mass is 10.0. The Balaban J connectivity index is 1.83. The van der Waals surface area contributed by atoms with E-state index in [1.54, 1.807) is 6.92 Å². The normalized spacial score (nSPS) is 12.2. The van der Waals surface area contributed by atoms with E-state index in [4.69, 9.17) is 9.47 Å². The molecule has 174 valence electrons. The highest BCUT2D eigenvalue weighted by molar-refractivity contribution is 7.92. The zero-order valence-corrected chi connectivity index (χ0v) is 18.6. The van der Waals surface area contributed by atoms with E-state index >= 15 is 0 Å². The molecule has 3 N–H and O–H groups in total. The van der Waals surface area contributed by atoms with Crippen molar-refractivity contribution >= 4 is 21.7 Å². The highest BCUT2D eigenvalue weighted by Gasteiger charge is 2.20. The monoisotopic (exact) mass is 475 g/mol. The summed E-state index contributed by atoms with van der Waals surface area (Å²) in [4.78, 5) is 12.0. The number of halogens is 1. The standard InChI is InChI=1S/C23H22FNO7S/c1-14(13-31-2)32-23(28)19-8-7-17(12-22(19)27)25-33(29,30)18-5-3-4-15(10-18)20-11-16(24)6-9-21(20)26/h3-12,14,25-27H,13H2,1-2H3. The number of hydrogen-bond acceptors (Lipinski definition) is 7. The Labute approximate surface area is 190 Å². The number of rotatable bonds is 8. The molecule has 1 atom stereocenters. The summed E-state index contributed by atoms with van der Waals surface area (Å²) in [5.41, 5.74) is 0.300. The molecule has 0 aromatic heterocycles. The van der Waals surface area contributed by atoms with Gasteiger partial charge in [0.15, 0.2) is 0 Å². The highest BCUT2D eigenvalue weighted by atomic mass is 32.2. The van der Waals surface area contributed by atoms with Gasteiger partial charge in [-0.25, -0.2) is 17.6 Å². The number of sulfonamides is 1. The third kappa shape index (κ3) is 5.79. The molecule has 10 heteroatoms. The fourth-order valence-electron chi connectivity index (χ4n) is 3.07. The quantitative estimate of drug-likeness (QED) is 0.423. The number of benzene rings is 3. The van der Waals surface area contributed by atoms with E-state index in [9.17, 15) is 27.8 Å². The minimum atomic E-state index is -4.11. The Morgan fingerprint density at radius 1 is 1.06 bits per heavy atom. The van der Waals surface area contributed by atoms with Gasteiger partial charge in [-0.2, -0.15) is 0 Å². The van der Waals surface area contributed by atoms with Crippen LogP contribution in [0.3, 0.4) is 0 Å². The van der Waals surface area contributed by atoms with Crippen LogP contribution < -0.4 is 4.72 Å². The van der Waals surface area contributed by atoms with Gasteiger partial charge in [0.25, 0.3) is 10.0 Å². The van der Waals surface area contributed by atoms with Crippen molar-refractivity contribution < 1.29 is 37.3 Å². The molecule has 3 aromatic carbocycles. The van der Waals surface area contributed by atoms with Gasteiger partial charge >= 0.3 is 5.97 Å². The third-order valence-corrected chi connectivity index (χ3v) is 5.97. The van der Waals surface area contributed by atoms with Crippen molar-refractivity contribution in [1.29, 1.82) is 0 Å². The molecule has 3 aromatic rings. The van der Waals surface area contributed by atoms with Gasteiger partial charge in [-0.1, -0.05) is 12.1 Å². The van der Waals surface area contributed by atoms with E-state index < -0.39 is 33.7 Å². The van der Waals surface area contributed by atoms with E-state index in [1.807, 2.05) is 0 Å². The van der Waals surface area contributed by atoms with Gasteiger partial charge in [0.1, 0.15) is 29.0 Å². The molecule has 33 heavy (non-hydrogen) atoms. The fourth-order valence-corrected chi connectivity index (χ4v) is 4.16. The molecule has 0 radical (unpaired) electrons. The number of ether oxygens (including phenoxy) is 2. The van der Waals surface area contributed by atoms with Crippen LogP contribution in [0.4, 0.5) is 10.1 Å². The number of phenolic OH excluding ortho intramolecular Hbond substituents is 2. The van der Waals surface area contributed by atoms with Gasteiger partial charge in [-0.05, 0) is 55.0 Å². The predicted octanol–water partition coefficient (Wildman–Crippen LogP) is 3.90. The molecular weight excluding hydrogens is 453 g/mol. The lowest BCUT2D eigenvalue weighted by molar-refractivity contribution is 0.0118. The molecule has 3 rings (SSSR count). The smallest absolute Gasteiger partial charge is 0.342 e. The molecule has 1 unspecified atom stereocenters. The van der Waals surface area contributed by atoms with E-state index in [1.165, 1.54) is 49.6 Å². The van der Waals surface area contributed by atoms with Crippen LogP contribution in [0.15, 0.2) is 65.6 Å². The van der Waals surface area contributed by atoms with Crippen molar-refractivity contribution in [3.05, 3.63) is 72.0 Å². The molecule has 0 saturated carbocycles. The number of hydrogen-bond donors (Lipinski definition) is 3. The molecule has 0 amide bonds. The Kier molecular flexibility index (Phi) is 7.19. The molecule has 8 nitrogen and oxygen atoms in total. The van der Waals surface area contributed by atoms with Crippen LogP contribution in [0.1, 0.15) is 17.3 Å². The number of aromatic hydroxyl groups is 2. The number of carbonyl (C=O) groups excluding carboxylic acids is 1. The summed E-state index contributed by atoms with van der Waals surface area (Å²) < 4.78 is 51.6. The first-order valence-corrected chi connectivity index (χ1v) is 11.2. The van der Waals surface area contributed by atoms with E-state index in [-0.39, 0.29) is 34.1 Å². The molecule has 0 aliphatic carbocycles. The van der Waals surface area contributed by atoms with Gasteiger partial charge < -0.3 is 19.7 Å². The lowest BCUT2D eigenvalue weighted by Crippen LogP contribution is -2.19. The maximum atomic E-state index is 13.6. The molecule has 0 saturated heterocycles. The summed E-state index contributed by atoms with van der Waals surface area (Å²) in [6.07, 6.45) is -0.537. The summed E-state index contributed by atoms with van der Waals surface area (Å²) in [5.74, 6) is -2.04. The second-order valence-corrected chi connectivity index (χ2v) is 8.88. The Morgan fingerprint density at radius 3 is 2.52 bits per heavy atom. The van der Waals surface area contributed by atoms with Crippen molar-refractivity contribution in [3.8, 4) is 22.6 Å². The summed E-state index contributed by atoms with van der Waals surface area (Å²) in [5, 5.41) is 20.2. The molecule has 0 spiro atoms. The molecule has 0 bridgehead atoms. The molecule has 0 heterocycles. The zero-order chi connectivity index (χ0) is 24.2. The summed E-state index contributed by atoms with van der Waals surface area (Å²) in [6, 6.07) is 12.6. The van der Waals surface area contributed by atoms with Crippen LogP contribution in [-0.4, -0.2) is 44.4 Å². The van der Waals surface area contributed by atoms with E-state index in [0.29, 0.717) is 5.56 Å². The van der Waals surface area contributed by atoms with E-state index in [0.717, 1.165) is 18.2 Å². The SMILES string of the molecule is COCC(C)OC(=O)c1ccc(NS(=O)(=O)c2cccc(-c3cc(F)ccc3O)c2)cc1O. The summed E-state index contributed by atoms with van der Waals surface area (Å²) in [6.45, 7) is 1.80. The first-order valence-electron chi connectivity index (χ1n) is 9.75. The Hall–Kier alpha value is -3.63. The van der Waals surface area contributed by atoms with Gasteiger partial charge in [-0.15, -0.1) is 0 Å². The van der Waals surface area contributed by atoms with Crippen LogP contribution in [0.2, 0.25) is 0 Å². The lowest BCUT2D eigenvalue weighted by Gasteiger charge is -2.14. The van der Waals surface area contributed by atoms with Crippen molar-refractivity contribution in [2.45, 2.75) is 17.9 Å². The van der Waals surface area contributed by atoms with Crippen molar-refractivity contribution in [3.63, 3.8) is 0 Å². The second-order valence-electron chi connectivity index (χ2n) is 7.20. The third-order valence-electron chi connectivity index (χ3n) is 4.59. The topological polar surface area (TPSA) is 122 Å². The number of esters is 1. The Morgan fingerprint density at radius 2 is 1.82 bits per heavy atom. The van der Waals surface area contributed by atoms with Gasteiger partial charge in [0.2, 0.25) is 0 Å². The maximum absolute atomic E-state index is 13.6. The maximum Gasteiger partial charge on any atom is 0.342 e. The van der Waals surface area contributed by atoms with E-state index in [2.05, 4.69) is 4.72 Å². The summed E-state index contributed by atoms with van der Waals surface area (Å²) in [7, 11) is -2.65. The fraction of sp³-hybridized carbons (Fsp3) is 0.174. The predicted molar refractivity (Wildman–Crippen MR) is 119 cm³/mol. The van der Waals surface area contributed by atoms with Crippen LogP contribution in [0.5, 0.6) is 11.5 Å². The van der Waals surface area contributed by atoms with Gasteiger partial charge in [0.05, 0.1) is 17.2 Å². The number of anilines is 1. The number of nitrogens with one attached hydrogen (secondary N) is 1. The van der Waals surface area contributed by atoms with Crippen molar-refractivity contribution in [2.75, 3.05) is 18.4 Å². The highest BCUT2D eigenvalue weighted by Crippen LogP contribution is 2.32. The molecule has 0 fully saturated rings. The zero-order valence-electron chi connectivity index (χ0n) is 17.8. The van der Waals surface area contributed by atoms with Crippen LogP contribution in [-0.2, 0) is 19.5 Å². The second kappa shape index (κ2) is 9.88. The Bertz CT molecular complexity index is 1280. The number of methoxy groups -OCH3 is 1.